The lowest BCUT2D eigenvalue weighted by atomic mass is 10.0. The smallest absolute Gasteiger partial charge is 0.407 e. The number of likely N-dealkylation sites (tertiary alicyclic amines) is 1. The molecule has 2 aliphatic rings. The van der Waals surface area contributed by atoms with Crippen molar-refractivity contribution in [1.82, 2.24) is 35.5 Å². The van der Waals surface area contributed by atoms with E-state index in [0.29, 0.717) is 12.6 Å². The summed E-state index contributed by atoms with van der Waals surface area (Å²) in [5.74, 6) is 1.60. The number of nitrogens with one attached hydrogen (secondary N) is 4. The number of ether oxygens (including phenoxy) is 1. The minimum atomic E-state index is -0.659. The van der Waals surface area contributed by atoms with E-state index in [0.717, 1.165) is 60.0 Å². The van der Waals surface area contributed by atoms with Crippen LogP contribution in [0, 0.1) is 5.92 Å². The summed E-state index contributed by atoms with van der Waals surface area (Å²) in [5.41, 5.74) is 6.63. The number of carbonyl (C=O) groups is 2. The van der Waals surface area contributed by atoms with Crippen LogP contribution in [0.25, 0.3) is 43.0 Å². The molecule has 13 heteroatoms. The topological polar surface area (TPSA) is 128 Å². The number of carbonyl (C=O) groups excluding carboxylic acids is 2. The van der Waals surface area contributed by atoms with Crippen LogP contribution in [0.1, 0.15) is 63.3 Å². The van der Waals surface area contributed by atoms with Crippen molar-refractivity contribution in [1.29, 1.82) is 0 Å². The zero-order valence-electron chi connectivity index (χ0n) is 26.0. The number of fused-ring (bicyclic) bond motifs is 1. The number of imidazole rings is 2. The molecule has 4 N–H and O–H groups in total. The number of methoxy groups -OCH3 is 1. The molecule has 242 valence electrons. The van der Waals surface area contributed by atoms with Gasteiger partial charge < -0.3 is 30.2 Å². The average Bonchev–Trinajstić information content (AvgIpc) is 3.87. The van der Waals surface area contributed by atoms with Gasteiger partial charge >= 0.3 is 6.09 Å². The first-order valence-corrected chi connectivity index (χ1v) is 17.2. The van der Waals surface area contributed by atoms with Gasteiger partial charge in [0.05, 0.1) is 52.4 Å². The van der Waals surface area contributed by atoms with E-state index in [4.69, 9.17) is 9.72 Å². The molecule has 7 rings (SSSR count). The molecule has 4 aromatic heterocycles. The predicted octanol–water partition coefficient (Wildman–Crippen LogP) is 7.30. The molecule has 0 spiro atoms. The zero-order chi connectivity index (χ0) is 31.1. The van der Waals surface area contributed by atoms with Crippen molar-refractivity contribution in [2.75, 3.05) is 20.2 Å². The second-order valence-electron chi connectivity index (χ2n) is 12.1. The Balaban J connectivity index is 0.00000372. The summed E-state index contributed by atoms with van der Waals surface area (Å²) in [6.45, 7) is 5.51. The van der Waals surface area contributed by atoms with Gasteiger partial charge in [0.1, 0.15) is 17.7 Å². The van der Waals surface area contributed by atoms with Crippen LogP contribution >= 0.6 is 35.1 Å². The molecule has 0 aliphatic carbocycles. The van der Waals surface area contributed by atoms with E-state index in [1.807, 2.05) is 31.1 Å². The number of rotatable bonds is 8. The SMILES string of the molecule is COC(=O)N[C@H](C(=O)N1CCC[C@H]1c1ncc(-c2csc3c(-c4ccc(-c5cnc([C@@H]6CCCN6)[nH]5)cc4)csc23)[nH]1)C(C)C.Cl. The quantitative estimate of drug-likeness (QED) is 0.136. The summed E-state index contributed by atoms with van der Waals surface area (Å²) < 4.78 is 7.23. The standard InChI is InChI=1S/C33H37N7O3S2.ClH/c1-18(2)27(39-33(42)43-3)32(41)40-13-5-7-26(40)31-36-15-25(38-31)22-17-45-28-21(16-44-29(22)28)19-8-10-20(11-9-19)24-14-35-30(37-24)23-6-4-12-34-23;/h8-11,14-18,23,26-27,34H,4-7,12-13H2,1-3H3,(H,35,37)(H,36,38)(H,39,42);1H/t23-,26-,27-;/m0./s1. The van der Waals surface area contributed by atoms with E-state index < -0.39 is 12.1 Å². The van der Waals surface area contributed by atoms with Crippen LogP contribution in [-0.2, 0) is 9.53 Å². The third kappa shape index (κ3) is 6.06. The molecule has 1 aromatic carbocycles. The molecule has 0 radical (unpaired) electrons. The number of nitrogens with zero attached hydrogens (tertiary/aromatic N) is 3. The van der Waals surface area contributed by atoms with E-state index in [1.54, 1.807) is 22.7 Å². The Kier molecular flexibility index (Phi) is 9.51. The molecule has 2 fully saturated rings. The molecular weight excluding hydrogens is 642 g/mol. The molecule has 2 amide bonds. The van der Waals surface area contributed by atoms with E-state index in [1.165, 1.54) is 34.1 Å². The highest BCUT2D eigenvalue weighted by atomic mass is 35.5. The van der Waals surface area contributed by atoms with Gasteiger partial charge in [-0.15, -0.1) is 35.1 Å². The zero-order valence-corrected chi connectivity index (χ0v) is 28.4. The van der Waals surface area contributed by atoms with Crippen molar-refractivity contribution in [2.45, 2.75) is 57.7 Å². The van der Waals surface area contributed by atoms with Gasteiger partial charge in [-0.1, -0.05) is 38.1 Å². The molecule has 5 aromatic rings. The number of alkyl carbamates (subject to hydrolysis) is 1. The minimum absolute atomic E-state index is 0. The summed E-state index contributed by atoms with van der Waals surface area (Å²) in [6, 6.07) is 8.18. The van der Waals surface area contributed by atoms with Gasteiger partial charge in [-0.25, -0.2) is 14.8 Å². The number of thiophene rings is 2. The van der Waals surface area contributed by atoms with Crippen LogP contribution in [0.2, 0.25) is 0 Å². The van der Waals surface area contributed by atoms with Crippen LogP contribution in [-0.4, -0.2) is 63.1 Å². The lowest BCUT2D eigenvalue weighted by molar-refractivity contribution is -0.135. The van der Waals surface area contributed by atoms with Gasteiger partial charge in [0.2, 0.25) is 5.91 Å². The molecule has 3 atom stereocenters. The summed E-state index contributed by atoms with van der Waals surface area (Å²) in [7, 11) is 1.31. The molecule has 6 heterocycles. The van der Waals surface area contributed by atoms with Crippen molar-refractivity contribution < 1.29 is 14.3 Å². The number of benzene rings is 1. The summed E-state index contributed by atoms with van der Waals surface area (Å²) in [5, 5.41) is 10.6. The fourth-order valence-electron chi connectivity index (χ4n) is 6.45. The monoisotopic (exact) mass is 679 g/mol. The number of halogens is 1. The number of amides is 2. The summed E-state index contributed by atoms with van der Waals surface area (Å²) in [6.07, 6.45) is 7.21. The van der Waals surface area contributed by atoms with Crippen molar-refractivity contribution in [2.24, 2.45) is 5.92 Å². The number of H-pyrrole nitrogens is 2. The van der Waals surface area contributed by atoms with Gasteiger partial charge in [0, 0.05) is 28.4 Å². The van der Waals surface area contributed by atoms with Crippen molar-refractivity contribution in [3.8, 4) is 33.6 Å². The van der Waals surface area contributed by atoms with Gasteiger partial charge in [-0.05, 0) is 49.3 Å². The Morgan fingerprint density at radius 1 is 0.935 bits per heavy atom. The minimum Gasteiger partial charge on any atom is -0.453 e. The second kappa shape index (κ2) is 13.6. The normalized spacial score (nSPS) is 18.7. The van der Waals surface area contributed by atoms with Gasteiger partial charge in [0.25, 0.3) is 0 Å². The van der Waals surface area contributed by atoms with E-state index in [9.17, 15) is 9.59 Å². The van der Waals surface area contributed by atoms with Crippen molar-refractivity contribution >= 4 is 56.5 Å². The molecule has 2 saturated heterocycles. The molecule has 2 aliphatic heterocycles. The maximum Gasteiger partial charge on any atom is 0.407 e. The first kappa shape index (κ1) is 32.2. The Labute approximate surface area is 281 Å². The van der Waals surface area contributed by atoms with Crippen LogP contribution < -0.4 is 10.6 Å². The van der Waals surface area contributed by atoms with E-state index >= 15 is 0 Å². The lowest BCUT2D eigenvalue weighted by Gasteiger charge is -2.30. The first-order chi connectivity index (χ1) is 21.9. The average molecular weight is 680 g/mol. The highest BCUT2D eigenvalue weighted by Crippen LogP contribution is 2.44. The Morgan fingerprint density at radius 3 is 2.33 bits per heavy atom. The number of aromatic amines is 2. The first-order valence-electron chi connectivity index (χ1n) is 15.5. The highest BCUT2D eigenvalue weighted by Gasteiger charge is 2.37. The van der Waals surface area contributed by atoms with Gasteiger partial charge in [0.15, 0.2) is 0 Å². The molecule has 0 unspecified atom stereocenters. The lowest BCUT2D eigenvalue weighted by Crippen LogP contribution is -2.51. The Morgan fingerprint density at radius 2 is 1.61 bits per heavy atom. The van der Waals surface area contributed by atoms with Crippen molar-refractivity contribution in [3.63, 3.8) is 0 Å². The van der Waals surface area contributed by atoms with Gasteiger partial charge in [-0.3, -0.25) is 4.79 Å². The molecule has 46 heavy (non-hydrogen) atoms. The highest BCUT2D eigenvalue weighted by molar-refractivity contribution is 7.27. The van der Waals surface area contributed by atoms with Crippen LogP contribution in [0.15, 0.2) is 47.4 Å². The van der Waals surface area contributed by atoms with Gasteiger partial charge in [-0.2, -0.15) is 0 Å². The number of hydrogen-bond acceptors (Lipinski definition) is 8. The third-order valence-electron chi connectivity index (χ3n) is 8.91. The maximum atomic E-state index is 13.5. The summed E-state index contributed by atoms with van der Waals surface area (Å²) >= 11 is 3.48. The Hall–Kier alpha value is -3.71. The molecule has 0 saturated carbocycles. The Bertz CT molecular complexity index is 1820. The predicted molar refractivity (Wildman–Crippen MR) is 185 cm³/mol. The van der Waals surface area contributed by atoms with Crippen molar-refractivity contribution in [3.05, 3.63) is 59.1 Å². The summed E-state index contributed by atoms with van der Waals surface area (Å²) in [4.78, 5) is 43.7. The van der Waals surface area contributed by atoms with E-state index in [2.05, 4.69) is 60.6 Å². The maximum absolute atomic E-state index is 13.5. The van der Waals surface area contributed by atoms with Crippen LogP contribution in [0.4, 0.5) is 4.79 Å². The fourth-order valence-corrected chi connectivity index (χ4v) is 8.89. The fraction of sp³-hybridized carbons (Fsp3) is 0.394. The molecule has 0 bridgehead atoms. The molecule has 10 nitrogen and oxygen atoms in total. The molecular formula is C33H38ClN7O3S2. The second-order valence-corrected chi connectivity index (χ2v) is 13.9. The third-order valence-corrected chi connectivity index (χ3v) is 11.1. The van der Waals surface area contributed by atoms with E-state index in [-0.39, 0.29) is 30.3 Å². The number of aromatic nitrogens is 4. The van der Waals surface area contributed by atoms with Crippen LogP contribution in [0.3, 0.4) is 0 Å². The van der Waals surface area contributed by atoms with Crippen LogP contribution in [0.5, 0.6) is 0 Å². The number of hydrogen-bond donors (Lipinski definition) is 4. The largest absolute Gasteiger partial charge is 0.453 e.